The van der Waals surface area contributed by atoms with Crippen LogP contribution in [0.5, 0.6) is 0 Å². The van der Waals surface area contributed by atoms with Gasteiger partial charge in [-0.15, -0.1) is 0 Å². The van der Waals surface area contributed by atoms with Crippen molar-refractivity contribution in [2.24, 2.45) is 0 Å². The first-order valence-corrected chi connectivity index (χ1v) is 6.00. The van der Waals surface area contributed by atoms with Crippen LogP contribution in [0.1, 0.15) is 11.1 Å². The van der Waals surface area contributed by atoms with Crippen LogP contribution in [0.2, 0.25) is 0 Å². The summed E-state index contributed by atoms with van der Waals surface area (Å²) in [5.74, 6) is 0. The molecule has 3 rings (SSSR count). The van der Waals surface area contributed by atoms with Crippen LogP contribution in [0.3, 0.4) is 0 Å². The molecular formula is C16H10N4. The molecule has 0 aromatic heterocycles. The minimum Gasteiger partial charge on any atom is -0.397 e. The van der Waals surface area contributed by atoms with E-state index in [1.807, 2.05) is 0 Å². The molecule has 0 saturated carbocycles. The quantitative estimate of drug-likeness (QED) is 0.368. The van der Waals surface area contributed by atoms with Gasteiger partial charge in [0.15, 0.2) is 0 Å². The molecule has 0 amide bonds. The summed E-state index contributed by atoms with van der Waals surface area (Å²) in [6, 6.07) is 14.8. The van der Waals surface area contributed by atoms with Crippen molar-refractivity contribution < 1.29 is 0 Å². The van der Waals surface area contributed by atoms with Gasteiger partial charge in [-0.05, 0) is 35.0 Å². The van der Waals surface area contributed by atoms with Gasteiger partial charge in [-0.2, -0.15) is 10.5 Å². The Labute approximate surface area is 115 Å². The molecule has 0 spiro atoms. The molecule has 20 heavy (non-hydrogen) atoms. The van der Waals surface area contributed by atoms with E-state index >= 15 is 0 Å². The average molecular weight is 258 g/mol. The van der Waals surface area contributed by atoms with E-state index in [0.717, 1.165) is 21.5 Å². The fourth-order valence-corrected chi connectivity index (χ4v) is 2.43. The molecule has 0 heterocycles. The van der Waals surface area contributed by atoms with E-state index in [2.05, 4.69) is 12.1 Å². The number of fused-ring (bicyclic) bond motifs is 3. The minimum atomic E-state index is 0.502. The topological polar surface area (TPSA) is 99.6 Å². The molecular weight excluding hydrogens is 248 g/mol. The van der Waals surface area contributed by atoms with Gasteiger partial charge in [0.1, 0.15) is 0 Å². The average Bonchev–Trinajstić information content (AvgIpc) is 2.51. The van der Waals surface area contributed by atoms with E-state index < -0.39 is 0 Å². The number of benzene rings is 3. The second-order valence-corrected chi connectivity index (χ2v) is 4.57. The van der Waals surface area contributed by atoms with Crippen molar-refractivity contribution in [1.29, 1.82) is 10.5 Å². The molecule has 94 valence electrons. The second-order valence-electron chi connectivity index (χ2n) is 4.57. The summed E-state index contributed by atoms with van der Waals surface area (Å²) in [7, 11) is 0. The maximum Gasteiger partial charge on any atom is 0.0991 e. The molecule has 3 aromatic carbocycles. The largest absolute Gasteiger partial charge is 0.397 e. The molecule has 4 nitrogen and oxygen atoms in total. The van der Waals surface area contributed by atoms with Crippen molar-refractivity contribution in [3.63, 3.8) is 0 Å². The van der Waals surface area contributed by atoms with Crippen LogP contribution < -0.4 is 11.5 Å². The highest BCUT2D eigenvalue weighted by Crippen LogP contribution is 2.37. The number of nitrogens with two attached hydrogens (primary N) is 2. The number of hydrogen-bond donors (Lipinski definition) is 2. The molecule has 0 bridgehead atoms. The third kappa shape index (κ3) is 1.53. The van der Waals surface area contributed by atoms with Crippen molar-refractivity contribution in [3.8, 4) is 12.1 Å². The molecule has 0 aliphatic heterocycles. The predicted octanol–water partition coefficient (Wildman–Crippen LogP) is 2.90. The third-order valence-electron chi connectivity index (χ3n) is 3.46. The van der Waals surface area contributed by atoms with Gasteiger partial charge in [0.25, 0.3) is 0 Å². The van der Waals surface area contributed by atoms with Gasteiger partial charge in [-0.1, -0.05) is 12.1 Å². The van der Waals surface area contributed by atoms with Gasteiger partial charge in [-0.25, -0.2) is 0 Å². The molecule has 0 unspecified atom stereocenters. The normalized spacial score (nSPS) is 10.3. The Morgan fingerprint density at radius 2 is 1.05 bits per heavy atom. The lowest BCUT2D eigenvalue weighted by Gasteiger charge is -2.11. The van der Waals surface area contributed by atoms with Crippen LogP contribution in [0.25, 0.3) is 21.5 Å². The predicted molar refractivity (Wildman–Crippen MR) is 79.7 cm³/mol. The Kier molecular flexibility index (Phi) is 2.45. The van der Waals surface area contributed by atoms with Crippen LogP contribution in [-0.2, 0) is 0 Å². The third-order valence-corrected chi connectivity index (χ3v) is 3.46. The fraction of sp³-hybridized carbons (Fsp3) is 0. The zero-order chi connectivity index (χ0) is 14.3. The van der Waals surface area contributed by atoms with Crippen molar-refractivity contribution in [2.75, 3.05) is 11.5 Å². The summed E-state index contributed by atoms with van der Waals surface area (Å²) >= 11 is 0. The first-order valence-electron chi connectivity index (χ1n) is 6.00. The summed E-state index contributed by atoms with van der Waals surface area (Å²) in [5.41, 5.74) is 14.2. The SMILES string of the molecule is N#Cc1ccc2c(N)c(N)c3ccc(C#N)cc3c2c1. The first-order chi connectivity index (χ1) is 9.65. The number of nitrogen functional groups attached to an aromatic ring is 2. The summed E-state index contributed by atoms with van der Waals surface area (Å²) in [5, 5.41) is 21.3. The van der Waals surface area contributed by atoms with E-state index in [-0.39, 0.29) is 0 Å². The van der Waals surface area contributed by atoms with Crippen molar-refractivity contribution in [2.45, 2.75) is 0 Å². The molecule has 4 heteroatoms. The monoisotopic (exact) mass is 258 g/mol. The lowest BCUT2D eigenvalue weighted by molar-refractivity contribution is 1.49. The summed E-state index contributed by atoms with van der Waals surface area (Å²) in [6.45, 7) is 0. The molecule has 0 aliphatic carbocycles. The number of rotatable bonds is 0. The lowest BCUT2D eigenvalue weighted by atomic mass is 9.96. The van der Waals surface area contributed by atoms with Crippen molar-refractivity contribution in [3.05, 3.63) is 47.5 Å². The molecule has 0 aliphatic rings. The Morgan fingerprint density at radius 1 is 0.650 bits per heavy atom. The fourth-order valence-electron chi connectivity index (χ4n) is 2.43. The Morgan fingerprint density at radius 3 is 1.40 bits per heavy atom. The van der Waals surface area contributed by atoms with Crippen LogP contribution in [-0.4, -0.2) is 0 Å². The highest BCUT2D eigenvalue weighted by molar-refractivity contribution is 6.19. The molecule has 4 N–H and O–H groups in total. The van der Waals surface area contributed by atoms with Gasteiger partial charge in [0, 0.05) is 10.8 Å². The highest BCUT2D eigenvalue weighted by atomic mass is 14.7. The first kappa shape index (κ1) is 11.8. The minimum absolute atomic E-state index is 0.502. The van der Waals surface area contributed by atoms with E-state index in [9.17, 15) is 0 Å². The van der Waals surface area contributed by atoms with E-state index in [1.54, 1.807) is 36.4 Å². The molecule has 0 atom stereocenters. The molecule has 0 saturated heterocycles. The Hall–Kier alpha value is -3.24. The van der Waals surface area contributed by atoms with E-state index in [0.29, 0.717) is 22.5 Å². The standard InChI is InChI=1S/C16H10N4/c17-7-9-1-3-11-13(5-9)14-6-10(8-18)2-4-12(14)16(20)15(11)19/h1-6H,19-20H2. The van der Waals surface area contributed by atoms with Gasteiger partial charge >= 0.3 is 0 Å². The lowest BCUT2D eigenvalue weighted by Crippen LogP contribution is -1.98. The zero-order valence-electron chi connectivity index (χ0n) is 10.5. The molecule has 0 fully saturated rings. The number of nitrogens with zero attached hydrogens (tertiary/aromatic N) is 2. The molecule has 0 radical (unpaired) electrons. The smallest absolute Gasteiger partial charge is 0.0991 e. The zero-order valence-corrected chi connectivity index (χ0v) is 10.5. The van der Waals surface area contributed by atoms with Crippen molar-refractivity contribution >= 4 is 32.9 Å². The number of anilines is 2. The van der Waals surface area contributed by atoms with E-state index in [1.165, 1.54) is 0 Å². The Balaban J connectivity index is 2.61. The van der Waals surface area contributed by atoms with Gasteiger partial charge in [0.2, 0.25) is 0 Å². The second kappa shape index (κ2) is 4.15. The highest BCUT2D eigenvalue weighted by Gasteiger charge is 2.11. The van der Waals surface area contributed by atoms with Crippen LogP contribution in [0, 0.1) is 22.7 Å². The van der Waals surface area contributed by atoms with Crippen LogP contribution in [0.4, 0.5) is 11.4 Å². The number of nitriles is 2. The van der Waals surface area contributed by atoms with Gasteiger partial charge in [0.05, 0.1) is 34.6 Å². The Bertz CT molecular complexity index is 864. The number of hydrogen-bond acceptors (Lipinski definition) is 4. The summed E-state index contributed by atoms with van der Waals surface area (Å²) in [6.07, 6.45) is 0. The van der Waals surface area contributed by atoms with Crippen LogP contribution >= 0.6 is 0 Å². The van der Waals surface area contributed by atoms with Crippen molar-refractivity contribution in [1.82, 2.24) is 0 Å². The maximum absolute atomic E-state index is 9.04. The summed E-state index contributed by atoms with van der Waals surface area (Å²) < 4.78 is 0. The molecule has 3 aromatic rings. The van der Waals surface area contributed by atoms with E-state index in [4.69, 9.17) is 22.0 Å². The van der Waals surface area contributed by atoms with Gasteiger partial charge in [-0.3, -0.25) is 0 Å². The van der Waals surface area contributed by atoms with Crippen LogP contribution in [0.15, 0.2) is 36.4 Å². The maximum atomic E-state index is 9.04. The summed E-state index contributed by atoms with van der Waals surface area (Å²) in [4.78, 5) is 0. The van der Waals surface area contributed by atoms with Gasteiger partial charge < -0.3 is 11.5 Å².